The van der Waals surface area contributed by atoms with Gasteiger partial charge < -0.3 is 9.97 Å². The average Bonchev–Trinajstić information content (AvgIpc) is 4.04. The fraction of sp³-hybridized carbons (Fsp3) is 0. The number of para-hydroxylation sites is 1. The van der Waals surface area contributed by atoms with Gasteiger partial charge in [0.15, 0.2) is 0 Å². The van der Waals surface area contributed by atoms with Gasteiger partial charge in [0.05, 0.1) is 28.3 Å². The van der Waals surface area contributed by atoms with Crippen LogP contribution in [0.25, 0.3) is 102 Å². The summed E-state index contributed by atoms with van der Waals surface area (Å²) in [7, 11) is 0. The van der Waals surface area contributed by atoms with Gasteiger partial charge in [0.25, 0.3) is 0 Å². The zero-order valence-corrected chi connectivity index (χ0v) is 28.1. The molecule has 0 amide bonds. The molecule has 4 aromatic heterocycles. The van der Waals surface area contributed by atoms with Crippen LogP contribution in [0, 0.1) is 0 Å². The SMILES string of the molecule is C1=Cc2nc1c(-c1ccccc1)c1ccc([nH]1)c(-c1ccccc1)c1nc(c(-c3cccc4cccnc34)c3ccc([nH]3)c2-c2ccccc2)C=C1. The average molecular weight is 666 g/mol. The van der Waals surface area contributed by atoms with Gasteiger partial charge in [0.1, 0.15) is 0 Å². The Morgan fingerprint density at radius 3 is 1.21 bits per heavy atom. The highest BCUT2D eigenvalue weighted by atomic mass is 14.8. The first-order chi connectivity index (χ1) is 25.8. The highest BCUT2D eigenvalue weighted by Gasteiger charge is 2.19. The first-order valence-electron chi connectivity index (χ1n) is 17.5. The van der Waals surface area contributed by atoms with E-state index in [1.54, 1.807) is 0 Å². The zero-order valence-electron chi connectivity index (χ0n) is 28.1. The van der Waals surface area contributed by atoms with Gasteiger partial charge in [-0.05, 0) is 71.3 Å². The van der Waals surface area contributed by atoms with Crippen LogP contribution in [0.3, 0.4) is 0 Å². The van der Waals surface area contributed by atoms with E-state index in [0.717, 1.165) is 100 Å². The summed E-state index contributed by atoms with van der Waals surface area (Å²) >= 11 is 0. The van der Waals surface area contributed by atoms with Crippen molar-refractivity contribution in [2.75, 3.05) is 0 Å². The third kappa shape index (κ3) is 5.07. The minimum Gasteiger partial charge on any atom is -0.354 e. The van der Waals surface area contributed by atoms with E-state index < -0.39 is 0 Å². The van der Waals surface area contributed by atoms with E-state index in [-0.39, 0.29) is 0 Å². The van der Waals surface area contributed by atoms with Crippen molar-refractivity contribution in [3.05, 3.63) is 175 Å². The van der Waals surface area contributed by atoms with Crippen LogP contribution < -0.4 is 0 Å². The lowest BCUT2D eigenvalue weighted by Gasteiger charge is -2.08. The second-order valence-electron chi connectivity index (χ2n) is 13.0. The Morgan fingerprint density at radius 2 is 0.750 bits per heavy atom. The molecule has 0 fully saturated rings. The summed E-state index contributed by atoms with van der Waals surface area (Å²) in [5, 5.41) is 1.07. The topological polar surface area (TPSA) is 70.2 Å². The molecule has 8 aromatic rings. The van der Waals surface area contributed by atoms with Gasteiger partial charge in [-0.25, -0.2) is 9.97 Å². The summed E-state index contributed by atoms with van der Waals surface area (Å²) in [4.78, 5) is 23.3. The van der Waals surface area contributed by atoms with Gasteiger partial charge in [0.2, 0.25) is 0 Å². The molecule has 2 N–H and O–H groups in total. The van der Waals surface area contributed by atoms with Crippen LogP contribution in [-0.2, 0) is 0 Å². The van der Waals surface area contributed by atoms with E-state index in [4.69, 9.17) is 15.0 Å². The van der Waals surface area contributed by atoms with Gasteiger partial charge in [-0.2, -0.15) is 0 Å². The quantitative estimate of drug-likeness (QED) is 0.197. The predicted molar refractivity (Wildman–Crippen MR) is 216 cm³/mol. The largest absolute Gasteiger partial charge is 0.354 e. The molecule has 4 aromatic carbocycles. The van der Waals surface area contributed by atoms with Crippen molar-refractivity contribution in [2.24, 2.45) is 0 Å². The molecule has 0 atom stereocenters. The fourth-order valence-electron chi connectivity index (χ4n) is 7.52. The Kier molecular flexibility index (Phi) is 7.07. The van der Waals surface area contributed by atoms with Crippen LogP contribution in [-0.4, -0.2) is 24.9 Å². The van der Waals surface area contributed by atoms with Crippen molar-refractivity contribution in [2.45, 2.75) is 0 Å². The van der Waals surface area contributed by atoms with Crippen molar-refractivity contribution in [3.8, 4) is 44.5 Å². The van der Waals surface area contributed by atoms with Gasteiger partial charge in [-0.3, -0.25) is 4.98 Å². The maximum Gasteiger partial charge on any atom is 0.0781 e. The number of hydrogen-bond acceptors (Lipinski definition) is 3. The molecule has 0 radical (unpaired) electrons. The fourth-order valence-corrected chi connectivity index (χ4v) is 7.52. The van der Waals surface area contributed by atoms with Crippen LogP contribution in [0.2, 0.25) is 0 Å². The van der Waals surface area contributed by atoms with Crippen molar-refractivity contribution in [3.63, 3.8) is 0 Å². The highest BCUT2D eigenvalue weighted by Crippen LogP contribution is 2.39. The minimum absolute atomic E-state index is 0.861. The summed E-state index contributed by atoms with van der Waals surface area (Å²) in [6.45, 7) is 0. The molecular weight excluding hydrogens is 635 g/mol. The van der Waals surface area contributed by atoms with Gasteiger partial charge >= 0.3 is 0 Å². The van der Waals surface area contributed by atoms with E-state index in [2.05, 4.69) is 156 Å². The van der Waals surface area contributed by atoms with Crippen molar-refractivity contribution in [1.82, 2.24) is 24.9 Å². The number of hydrogen-bond donors (Lipinski definition) is 2. The number of pyridine rings is 1. The molecule has 2 aliphatic rings. The summed E-state index contributed by atoms with van der Waals surface area (Å²) in [5.74, 6) is 0. The Labute approximate surface area is 300 Å². The molecule has 5 heteroatoms. The van der Waals surface area contributed by atoms with Crippen molar-refractivity contribution >= 4 is 57.3 Å². The van der Waals surface area contributed by atoms with E-state index in [0.29, 0.717) is 0 Å². The Morgan fingerprint density at radius 1 is 0.346 bits per heavy atom. The zero-order chi connectivity index (χ0) is 34.4. The number of nitrogens with zero attached hydrogens (tertiary/aromatic N) is 3. The molecular formula is C47H31N5. The monoisotopic (exact) mass is 665 g/mol. The Balaban J connectivity index is 1.41. The van der Waals surface area contributed by atoms with Gasteiger partial charge in [-0.1, -0.05) is 115 Å². The molecule has 0 aliphatic carbocycles. The molecule has 2 aliphatic heterocycles. The number of fused-ring (bicyclic) bond motifs is 9. The lowest BCUT2D eigenvalue weighted by molar-refractivity contribution is 1.31. The van der Waals surface area contributed by atoms with E-state index in [9.17, 15) is 0 Å². The van der Waals surface area contributed by atoms with Gasteiger partial charge in [0, 0.05) is 61.5 Å². The first-order valence-corrected chi connectivity index (χ1v) is 17.5. The molecule has 244 valence electrons. The number of H-pyrrole nitrogens is 2. The van der Waals surface area contributed by atoms with Gasteiger partial charge in [-0.15, -0.1) is 0 Å². The summed E-state index contributed by atoms with van der Waals surface area (Å²) in [6.07, 6.45) is 10.4. The Hall–Kier alpha value is -7.11. The number of benzene rings is 4. The number of aromatic amines is 2. The van der Waals surface area contributed by atoms with Crippen LogP contribution in [0.5, 0.6) is 0 Å². The second kappa shape index (κ2) is 12.3. The minimum atomic E-state index is 0.861. The summed E-state index contributed by atoms with van der Waals surface area (Å²) < 4.78 is 0. The standard InChI is InChI=1S/C47H31N5/c1-4-12-30(13-5-1)43-35-21-23-37(49-35)44(31-14-6-2-7-15-31)39-25-27-41(51-39)46(34-20-10-18-33-19-11-29-48-47(33)34)42-28-26-40(52-42)45(32-16-8-3-9-17-32)38-24-22-36(43)50-38/h1-29,49,52H. The van der Waals surface area contributed by atoms with Crippen LogP contribution in [0.15, 0.2) is 152 Å². The molecule has 5 nitrogen and oxygen atoms in total. The lowest BCUT2D eigenvalue weighted by Crippen LogP contribution is -1.91. The van der Waals surface area contributed by atoms with E-state index >= 15 is 0 Å². The van der Waals surface area contributed by atoms with Crippen molar-refractivity contribution in [1.29, 1.82) is 0 Å². The maximum atomic E-state index is 5.43. The predicted octanol–water partition coefficient (Wildman–Crippen LogP) is 11.9. The number of aromatic nitrogens is 5. The lowest BCUT2D eigenvalue weighted by atomic mass is 10.0. The normalized spacial score (nSPS) is 12.1. The van der Waals surface area contributed by atoms with E-state index in [1.807, 2.05) is 30.5 Å². The van der Waals surface area contributed by atoms with Crippen LogP contribution in [0.4, 0.5) is 0 Å². The van der Waals surface area contributed by atoms with Crippen molar-refractivity contribution < 1.29 is 0 Å². The summed E-state index contributed by atoms with van der Waals surface area (Å²) in [5.41, 5.74) is 16.6. The first kappa shape index (κ1) is 29.8. The second-order valence-corrected chi connectivity index (χ2v) is 13.0. The number of nitrogens with one attached hydrogen (secondary N) is 2. The number of rotatable bonds is 4. The van der Waals surface area contributed by atoms with Crippen LogP contribution in [0.1, 0.15) is 22.8 Å². The molecule has 10 rings (SSSR count). The molecule has 0 spiro atoms. The smallest absolute Gasteiger partial charge is 0.0781 e. The highest BCUT2D eigenvalue weighted by molar-refractivity contribution is 6.04. The maximum absolute atomic E-state index is 5.43. The Bertz CT molecular complexity index is 2840. The molecule has 8 bridgehead atoms. The third-order valence-corrected chi connectivity index (χ3v) is 9.84. The summed E-state index contributed by atoms with van der Waals surface area (Å²) in [6, 6.07) is 50.6. The third-order valence-electron chi connectivity index (χ3n) is 9.84. The molecule has 6 heterocycles. The molecule has 0 saturated carbocycles. The van der Waals surface area contributed by atoms with Crippen LogP contribution >= 0.6 is 0 Å². The molecule has 52 heavy (non-hydrogen) atoms. The molecule has 0 unspecified atom stereocenters. The molecule has 0 saturated heterocycles. The van der Waals surface area contributed by atoms with E-state index in [1.165, 1.54) is 0 Å².